The molecule has 0 N–H and O–H groups in total. The molecule has 0 saturated carbocycles. The number of benzene rings is 7. The van der Waals surface area contributed by atoms with Gasteiger partial charge in [0.2, 0.25) is 0 Å². The summed E-state index contributed by atoms with van der Waals surface area (Å²) in [6, 6.07) is 53.5. The van der Waals surface area contributed by atoms with E-state index >= 15 is 0 Å². The van der Waals surface area contributed by atoms with Crippen LogP contribution in [0.1, 0.15) is 30.5 Å². The summed E-state index contributed by atoms with van der Waals surface area (Å²) >= 11 is 0. The van der Waals surface area contributed by atoms with Crippen molar-refractivity contribution in [2.45, 2.75) is 19.3 Å². The quantitative estimate of drug-likeness (QED) is 0.174. The van der Waals surface area contributed by atoms with E-state index in [0.717, 1.165) is 50.1 Å². The molecule has 12 rings (SSSR count). The van der Waals surface area contributed by atoms with Gasteiger partial charge in [0.1, 0.15) is 11.2 Å². The Morgan fingerprint density at radius 2 is 1.22 bits per heavy atom. The third-order valence-corrected chi connectivity index (χ3v) is 13.2. The molecule has 1 heterocycles. The van der Waals surface area contributed by atoms with Gasteiger partial charge in [-0.1, -0.05) is 172 Å². The summed E-state index contributed by atoms with van der Waals surface area (Å²) in [6.07, 6.45) is 20.4. The van der Waals surface area contributed by atoms with Gasteiger partial charge < -0.3 is 9.32 Å². The van der Waals surface area contributed by atoms with E-state index in [-0.39, 0.29) is 5.41 Å². The van der Waals surface area contributed by atoms with Gasteiger partial charge in [-0.15, -0.1) is 0 Å². The highest BCUT2D eigenvalue weighted by atomic mass is 16.3. The van der Waals surface area contributed by atoms with Crippen LogP contribution in [0.2, 0.25) is 0 Å². The lowest BCUT2D eigenvalue weighted by Gasteiger charge is -2.33. The molecule has 59 heavy (non-hydrogen) atoms. The molecule has 0 saturated heterocycles. The molecule has 7 aromatic carbocycles. The lowest BCUT2D eigenvalue weighted by atomic mass is 9.70. The molecule has 0 radical (unpaired) electrons. The van der Waals surface area contributed by atoms with Crippen LogP contribution in [0.5, 0.6) is 0 Å². The maximum Gasteiger partial charge on any atom is 0.143 e. The van der Waals surface area contributed by atoms with Crippen molar-refractivity contribution >= 4 is 55.3 Å². The summed E-state index contributed by atoms with van der Waals surface area (Å²) < 4.78 is 6.83. The number of hydrogen-bond donors (Lipinski definition) is 0. The number of hydrogen-bond acceptors (Lipinski definition) is 2. The Bertz CT molecular complexity index is 3250. The molecule has 0 aliphatic heterocycles. The summed E-state index contributed by atoms with van der Waals surface area (Å²) in [5.41, 5.74) is 17.8. The Kier molecular flexibility index (Phi) is 7.43. The molecule has 8 aromatic rings. The van der Waals surface area contributed by atoms with Crippen molar-refractivity contribution in [3.05, 3.63) is 228 Å². The van der Waals surface area contributed by atoms with Gasteiger partial charge in [0.15, 0.2) is 0 Å². The van der Waals surface area contributed by atoms with E-state index in [1.807, 2.05) is 0 Å². The molecule has 4 aliphatic rings. The number of para-hydroxylation sites is 2. The topological polar surface area (TPSA) is 16.4 Å². The highest BCUT2D eigenvalue weighted by molar-refractivity contribution is 6.14. The van der Waals surface area contributed by atoms with Gasteiger partial charge in [0.25, 0.3) is 0 Å². The molecule has 0 spiro atoms. The molecule has 0 bridgehead atoms. The fourth-order valence-corrected chi connectivity index (χ4v) is 10.3. The maximum absolute atomic E-state index is 6.83. The summed E-state index contributed by atoms with van der Waals surface area (Å²) in [5, 5.41) is 4.65. The summed E-state index contributed by atoms with van der Waals surface area (Å²) in [4.78, 5) is 2.45. The zero-order chi connectivity index (χ0) is 39.2. The van der Waals surface area contributed by atoms with Gasteiger partial charge in [-0.05, 0) is 97.8 Å². The molecule has 0 fully saturated rings. The number of furan rings is 1. The van der Waals surface area contributed by atoms with E-state index in [4.69, 9.17) is 4.42 Å². The normalized spacial score (nSPS) is 18.2. The van der Waals surface area contributed by atoms with E-state index in [2.05, 4.69) is 219 Å². The Balaban J connectivity index is 1.04. The molecule has 2 unspecified atom stereocenters. The lowest BCUT2D eigenvalue weighted by molar-refractivity contribution is 0.618. The number of nitrogens with zero attached hydrogens (tertiary/aromatic N) is 1. The number of anilines is 3. The van der Waals surface area contributed by atoms with Gasteiger partial charge in [-0.25, -0.2) is 0 Å². The van der Waals surface area contributed by atoms with Crippen molar-refractivity contribution in [2.75, 3.05) is 4.90 Å². The lowest BCUT2D eigenvalue weighted by Crippen LogP contribution is -2.21. The van der Waals surface area contributed by atoms with Crippen molar-refractivity contribution in [1.29, 1.82) is 0 Å². The maximum atomic E-state index is 6.83. The molecular formula is C57H41NO. The van der Waals surface area contributed by atoms with E-state index in [1.54, 1.807) is 0 Å². The fourth-order valence-electron chi connectivity index (χ4n) is 10.3. The van der Waals surface area contributed by atoms with Crippen LogP contribution < -0.4 is 4.90 Å². The van der Waals surface area contributed by atoms with Crippen LogP contribution in [-0.2, 0) is 5.41 Å². The molecular weight excluding hydrogens is 715 g/mol. The number of rotatable bonds is 5. The standard InChI is InChI=1S/C57H41NO/c1-57(2)52-24-11-9-20-45(52)46-31-30-41(35-53(46)57)58(40-28-26-36(27-29-40)50-33-39-16-5-6-17-42(39)43-18-7-8-19-44(43)50)54-25-12-10-21-47(54)48-22-13-23-49-51-32-37-14-3-4-15-38(37)34-55(51)59-56(48)49/h3-35,42-43H,1-2H3. The monoisotopic (exact) mass is 755 g/mol. The molecule has 2 atom stereocenters. The zero-order valence-corrected chi connectivity index (χ0v) is 33.1. The highest BCUT2D eigenvalue weighted by Crippen LogP contribution is 2.52. The minimum Gasteiger partial charge on any atom is -0.455 e. The Morgan fingerprint density at radius 1 is 0.525 bits per heavy atom. The first-order chi connectivity index (χ1) is 29.0. The van der Waals surface area contributed by atoms with Crippen LogP contribution in [0.25, 0.3) is 60.5 Å². The molecule has 1 aromatic heterocycles. The second kappa shape index (κ2) is 12.9. The minimum absolute atomic E-state index is 0.137. The van der Waals surface area contributed by atoms with Gasteiger partial charge >= 0.3 is 0 Å². The first-order valence-electron chi connectivity index (χ1n) is 20.8. The summed E-state index contributed by atoms with van der Waals surface area (Å²) in [6.45, 7) is 4.72. The second-order valence-corrected chi connectivity index (χ2v) is 16.8. The zero-order valence-electron chi connectivity index (χ0n) is 33.1. The third kappa shape index (κ3) is 5.19. The van der Waals surface area contributed by atoms with Crippen molar-refractivity contribution in [2.24, 2.45) is 11.8 Å². The third-order valence-electron chi connectivity index (χ3n) is 13.2. The van der Waals surface area contributed by atoms with Crippen LogP contribution >= 0.6 is 0 Å². The molecule has 0 amide bonds. The van der Waals surface area contributed by atoms with Crippen LogP contribution in [0.3, 0.4) is 0 Å². The predicted molar refractivity (Wildman–Crippen MR) is 247 cm³/mol. The largest absolute Gasteiger partial charge is 0.455 e. The van der Waals surface area contributed by atoms with Gasteiger partial charge in [-0.3, -0.25) is 0 Å². The summed E-state index contributed by atoms with van der Waals surface area (Å²) in [7, 11) is 0. The van der Waals surface area contributed by atoms with Crippen LogP contribution in [0, 0.1) is 11.8 Å². The first-order valence-corrected chi connectivity index (χ1v) is 20.8. The smallest absolute Gasteiger partial charge is 0.143 e. The Labute approximate surface area is 344 Å². The molecule has 2 heteroatoms. The summed E-state index contributed by atoms with van der Waals surface area (Å²) in [5.74, 6) is 0.703. The Hall–Kier alpha value is -7.16. The van der Waals surface area contributed by atoms with Crippen LogP contribution in [0.4, 0.5) is 17.1 Å². The van der Waals surface area contributed by atoms with Gasteiger partial charge in [-0.2, -0.15) is 0 Å². The van der Waals surface area contributed by atoms with Crippen LogP contribution in [-0.4, -0.2) is 0 Å². The van der Waals surface area contributed by atoms with Crippen molar-refractivity contribution in [1.82, 2.24) is 0 Å². The van der Waals surface area contributed by atoms with E-state index < -0.39 is 0 Å². The number of allylic oxidation sites excluding steroid dienone is 12. The van der Waals surface area contributed by atoms with Gasteiger partial charge in [0.05, 0.1) is 5.69 Å². The predicted octanol–water partition coefficient (Wildman–Crippen LogP) is 15.4. The Morgan fingerprint density at radius 3 is 2.08 bits per heavy atom. The van der Waals surface area contributed by atoms with Gasteiger partial charge in [0, 0.05) is 50.5 Å². The van der Waals surface area contributed by atoms with E-state index in [1.165, 1.54) is 55.3 Å². The van der Waals surface area contributed by atoms with E-state index in [0.29, 0.717) is 11.8 Å². The van der Waals surface area contributed by atoms with E-state index in [9.17, 15) is 0 Å². The molecule has 2 nitrogen and oxygen atoms in total. The minimum atomic E-state index is -0.137. The van der Waals surface area contributed by atoms with Crippen molar-refractivity contribution < 1.29 is 4.42 Å². The van der Waals surface area contributed by atoms with Crippen molar-refractivity contribution in [3.8, 4) is 22.3 Å². The fraction of sp³-hybridized carbons (Fsp3) is 0.0877. The highest BCUT2D eigenvalue weighted by Gasteiger charge is 2.36. The average molecular weight is 756 g/mol. The molecule has 4 aliphatic carbocycles. The van der Waals surface area contributed by atoms with Crippen molar-refractivity contribution in [3.63, 3.8) is 0 Å². The SMILES string of the molecule is CC1(C)c2ccccc2-c2ccc(N(c3ccc(C4=C5C=CC=CC5C5C=CC=CC5=C4)cc3)c3ccccc3-c3cccc4c3oc3cc5ccccc5cc34)cc21. The average Bonchev–Trinajstić information content (AvgIpc) is 3.76. The first kappa shape index (κ1) is 33.9. The second-order valence-electron chi connectivity index (χ2n) is 16.8. The number of fused-ring (bicyclic) bond motifs is 10. The molecule has 280 valence electrons. The van der Waals surface area contributed by atoms with Crippen LogP contribution in [0.15, 0.2) is 216 Å².